The van der Waals surface area contributed by atoms with Crippen LogP contribution in [0.2, 0.25) is 0 Å². The second-order valence-electron chi connectivity index (χ2n) is 4.89. The van der Waals surface area contributed by atoms with E-state index in [1.165, 1.54) is 41.3 Å². The number of nitrogens with one attached hydrogen (secondary N) is 1. The molecule has 3 heteroatoms. The van der Waals surface area contributed by atoms with Gasteiger partial charge in [-0.3, -0.25) is 0 Å². The first kappa shape index (κ1) is 12.1. The van der Waals surface area contributed by atoms with E-state index in [1.54, 1.807) is 0 Å². The van der Waals surface area contributed by atoms with E-state index in [4.69, 9.17) is 0 Å². The number of aromatic nitrogens is 1. The lowest BCUT2D eigenvalue weighted by molar-refractivity contribution is 0.376. The predicted molar refractivity (Wildman–Crippen MR) is 70.1 cm³/mol. The van der Waals surface area contributed by atoms with Gasteiger partial charge in [0, 0.05) is 17.3 Å². The molecular formula is C13H22N2S. The van der Waals surface area contributed by atoms with Crippen LogP contribution in [0, 0.1) is 19.8 Å². The molecule has 0 bridgehead atoms. The van der Waals surface area contributed by atoms with Crippen LogP contribution in [0.15, 0.2) is 0 Å². The van der Waals surface area contributed by atoms with Crippen molar-refractivity contribution < 1.29 is 0 Å². The van der Waals surface area contributed by atoms with Crippen molar-refractivity contribution in [3.8, 4) is 0 Å². The van der Waals surface area contributed by atoms with E-state index in [0.29, 0.717) is 6.04 Å². The molecule has 0 aliphatic heterocycles. The molecule has 1 atom stereocenters. The van der Waals surface area contributed by atoms with E-state index in [2.05, 4.69) is 31.2 Å². The van der Waals surface area contributed by atoms with Crippen molar-refractivity contribution in [3.63, 3.8) is 0 Å². The molecule has 1 aromatic heterocycles. The summed E-state index contributed by atoms with van der Waals surface area (Å²) in [5, 5.41) is 4.79. The first-order valence-electron chi connectivity index (χ1n) is 6.31. The highest BCUT2D eigenvalue weighted by atomic mass is 32.1. The van der Waals surface area contributed by atoms with Crippen LogP contribution in [-0.4, -0.2) is 18.1 Å². The summed E-state index contributed by atoms with van der Waals surface area (Å²) < 4.78 is 0. The Morgan fingerprint density at radius 1 is 1.38 bits per heavy atom. The van der Waals surface area contributed by atoms with Crippen LogP contribution in [-0.2, 0) is 6.42 Å². The van der Waals surface area contributed by atoms with Crippen LogP contribution in [0.25, 0.3) is 0 Å². The molecule has 90 valence electrons. The molecule has 1 fully saturated rings. The Balaban J connectivity index is 2.00. The highest BCUT2D eigenvalue weighted by Gasteiger charge is 2.24. The standard InChI is InChI=1S/C13H22N2S/c1-9-10(2)16-13(15-9)8-12(14-3)11-6-4-5-7-11/h11-12,14H,4-8H2,1-3H3. The van der Waals surface area contributed by atoms with Gasteiger partial charge in [-0.1, -0.05) is 12.8 Å². The number of hydrogen-bond acceptors (Lipinski definition) is 3. The lowest BCUT2D eigenvalue weighted by Gasteiger charge is -2.21. The molecule has 1 aliphatic carbocycles. The molecule has 0 saturated heterocycles. The van der Waals surface area contributed by atoms with Crippen molar-refractivity contribution in [2.24, 2.45) is 5.92 Å². The Hall–Kier alpha value is -0.410. The molecule has 1 aromatic rings. The van der Waals surface area contributed by atoms with Crippen LogP contribution in [0.1, 0.15) is 41.3 Å². The third-order valence-electron chi connectivity index (χ3n) is 3.81. The van der Waals surface area contributed by atoms with Gasteiger partial charge < -0.3 is 5.32 Å². The van der Waals surface area contributed by atoms with Crippen LogP contribution < -0.4 is 5.32 Å². The normalized spacial score (nSPS) is 19.2. The Kier molecular flexibility index (Phi) is 3.98. The lowest BCUT2D eigenvalue weighted by atomic mass is 9.96. The monoisotopic (exact) mass is 238 g/mol. The quantitative estimate of drug-likeness (QED) is 0.872. The third kappa shape index (κ3) is 2.64. The molecule has 16 heavy (non-hydrogen) atoms. The molecule has 1 heterocycles. The van der Waals surface area contributed by atoms with Gasteiger partial charge in [-0.15, -0.1) is 11.3 Å². The molecule has 0 aromatic carbocycles. The minimum Gasteiger partial charge on any atom is -0.316 e. The van der Waals surface area contributed by atoms with E-state index in [0.717, 1.165) is 12.3 Å². The van der Waals surface area contributed by atoms with Gasteiger partial charge in [0.1, 0.15) is 0 Å². The fourth-order valence-electron chi connectivity index (χ4n) is 2.68. The SMILES string of the molecule is CNC(Cc1nc(C)c(C)s1)C1CCCC1. The van der Waals surface area contributed by atoms with Crippen molar-refractivity contribution in [3.05, 3.63) is 15.6 Å². The van der Waals surface area contributed by atoms with Crippen LogP contribution in [0.4, 0.5) is 0 Å². The molecule has 0 amide bonds. The van der Waals surface area contributed by atoms with Crippen molar-refractivity contribution in [2.45, 2.75) is 52.0 Å². The summed E-state index contributed by atoms with van der Waals surface area (Å²) in [7, 11) is 2.09. The predicted octanol–water partition coefficient (Wildman–Crippen LogP) is 3.08. The van der Waals surface area contributed by atoms with Gasteiger partial charge in [-0.25, -0.2) is 4.98 Å². The van der Waals surface area contributed by atoms with E-state index >= 15 is 0 Å². The summed E-state index contributed by atoms with van der Waals surface area (Å²) in [6.07, 6.45) is 6.74. The highest BCUT2D eigenvalue weighted by Crippen LogP contribution is 2.30. The van der Waals surface area contributed by atoms with Gasteiger partial charge >= 0.3 is 0 Å². The van der Waals surface area contributed by atoms with Gasteiger partial charge in [0.05, 0.1) is 10.7 Å². The zero-order valence-electron chi connectivity index (χ0n) is 10.5. The second kappa shape index (κ2) is 5.28. The van der Waals surface area contributed by atoms with E-state index in [1.807, 2.05) is 11.3 Å². The highest BCUT2D eigenvalue weighted by molar-refractivity contribution is 7.11. The minimum absolute atomic E-state index is 0.632. The number of nitrogens with zero attached hydrogens (tertiary/aromatic N) is 1. The van der Waals surface area contributed by atoms with Crippen LogP contribution in [0.3, 0.4) is 0 Å². The topological polar surface area (TPSA) is 24.9 Å². The van der Waals surface area contributed by atoms with Crippen molar-refractivity contribution in [1.82, 2.24) is 10.3 Å². The molecular weight excluding hydrogens is 216 g/mol. The summed E-state index contributed by atoms with van der Waals surface area (Å²) in [5.74, 6) is 0.870. The summed E-state index contributed by atoms with van der Waals surface area (Å²) >= 11 is 1.87. The molecule has 2 nitrogen and oxygen atoms in total. The van der Waals surface area contributed by atoms with E-state index in [-0.39, 0.29) is 0 Å². The summed E-state index contributed by atoms with van der Waals surface area (Å²) in [5.41, 5.74) is 1.21. The van der Waals surface area contributed by atoms with Crippen LogP contribution >= 0.6 is 11.3 Å². The molecule has 1 saturated carbocycles. The van der Waals surface area contributed by atoms with Crippen molar-refractivity contribution in [2.75, 3.05) is 7.05 Å². The number of likely N-dealkylation sites (N-methyl/N-ethyl adjacent to an activating group) is 1. The smallest absolute Gasteiger partial charge is 0.0946 e. The average molecular weight is 238 g/mol. The maximum atomic E-state index is 4.65. The zero-order valence-corrected chi connectivity index (χ0v) is 11.4. The molecule has 2 rings (SSSR count). The number of thiazole rings is 1. The third-order valence-corrected chi connectivity index (χ3v) is 4.90. The van der Waals surface area contributed by atoms with Crippen molar-refractivity contribution >= 4 is 11.3 Å². The van der Waals surface area contributed by atoms with Gasteiger partial charge in [-0.2, -0.15) is 0 Å². The first-order valence-corrected chi connectivity index (χ1v) is 7.12. The Morgan fingerprint density at radius 3 is 2.56 bits per heavy atom. The fourth-order valence-corrected chi connectivity index (χ4v) is 3.67. The fraction of sp³-hybridized carbons (Fsp3) is 0.769. The molecule has 0 spiro atoms. The Morgan fingerprint density at radius 2 is 2.06 bits per heavy atom. The van der Waals surface area contributed by atoms with Gasteiger partial charge in [0.15, 0.2) is 0 Å². The lowest BCUT2D eigenvalue weighted by Crippen LogP contribution is -2.34. The molecule has 1 N–H and O–H groups in total. The van der Waals surface area contributed by atoms with Crippen LogP contribution in [0.5, 0.6) is 0 Å². The first-order chi connectivity index (χ1) is 7.70. The summed E-state index contributed by atoms with van der Waals surface area (Å²) in [6, 6.07) is 0.632. The van der Waals surface area contributed by atoms with E-state index in [9.17, 15) is 0 Å². The number of rotatable bonds is 4. The minimum atomic E-state index is 0.632. The molecule has 0 radical (unpaired) electrons. The van der Waals surface area contributed by atoms with E-state index < -0.39 is 0 Å². The molecule has 1 aliphatic rings. The Bertz CT molecular complexity index is 320. The molecule has 1 unspecified atom stereocenters. The average Bonchev–Trinajstić information content (AvgIpc) is 2.86. The van der Waals surface area contributed by atoms with Gasteiger partial charge in [-0.05, 0) is 39.7 Å². The summed E-state index contributed by atoms with van der Waals surface area (Å²) in [4.78, 5) is 6.02. The maximum Gasteiger partial charge on any atom is 0.0946 e. The van der Waals surface area contributed by atoms with Gasteiger partial charge in [0.25, 0.3) is 0 Å². The second-order valence-corrected chi connectivity index (χ2v) is 6.18. The largest absolute Gasteiger partial charge is 0.316 e. The maximum absolute atomic E-state index is 4.65. The zero-order chi connectivity index (χ0) is 11.5. The number of hydrogen-bond donors (Lipinski definition) is 1. The van der Waals surface area contributed by atoms with Crippen molar-refractivity contribution in [1.29, 1.82) is 0 Å². The summed E-state index contributed by atoms with van der Waals surface area (Å²) in [6.45, 7) is 4.28. The Labute approximate surface area is 102 Å². The number of aryl methyl sites for hydroxylation is 2. The van der Waals surface area contributed by atoms with Gasteiger partial charge in [0.2, 0.25) is 0 Å².